The zero-order valence-corrected chi connectivity index (χ0v) is 15.7. The predicted molar refractivity (Wildman–Crippen MR) is 101 cm³/mol. The van der Waals surface area contributed by atoms with Crippen molar-refractivity contribution >= 4 is 23.3 Å². The molecule has 2 aromatic rings. The summed E-state index contributed by atoms with van der Waals surface area (Å²) in [5.41, 5.74) is 3.95. The number of ether oxygens (including phenoxy) is 1. The highest BCUT2D eigenvalue weighted by atomic mass is 16.5. The van der Waals surface area contributed by atoms with Crippen LogP contribution in [0.2, 0.25) is 0 Å². The first kappa shape index (κ1) is 19.4. The third-order valence-corrected chi connectivity index (χ3v) is 4.10. The number of hydrogen-bond donors (Lipinski definition) is 1. The average Bonchev–Trinajstić information content (AvgIpc) is 2.53. The van der Waals surface area contributed by atoms with Gasteiger partial charge in [-0.2, -0.15) is 0 Å². The lowest BCUT2D eigenvalue weighted by atomic mass is 10.00. The van der Waals surface area contributed by atoms with E-state index in [2.05, 4.69) is 5.32 Å². The van der Waals surface area contributed by atoms with Gasteiger partial charge in [-0.25, -0.2) is 4.79 Å². The number of para-hydroxylation sites is 1. The van der Waals surface area contributed by atoms with Gasteiger partial charge in [0.15, 0.2) is 11.9 Å². The lowest BCUT2D eigenvalue weighted by Crippen LogP contribution is -2.31. The molecule has 2 rings (SSSR count). The normalized spacial score (nSPS) is 11.6. The molecule has 0 fully saturated rings. The molecular weight excluding hydrogens is 330 g/mol. The summed E-state index contributed by atoms with van der Waals surface area (Å²) in [5, 5.41) is 2.65. The van der Waals surface area contributed by atoms with Crippen molar-refractivity contribution in [2.24, 2.45) is 0 Å². The standard InChI is InChI=1S/C21H23NO4/c1-12-10-13(2)19(14(3)11-12)21(25)26-16(5)20(24)22-18-9-7-6-8-17(18)15(4)23/h6-11,16H,1-5H3,(H,22,24). The summed E-state index contributed by atoms with van der Waals surface area (Å²) >= 11 is 0. The molecule has 0 saturated heterocycles. The smallest absolute Gasteiger partial charge is 0.339 e. The van der Waals surface area contributed by atoms with Crippen LogP contribution in [0.4, 0.5) is 5.69 Å². The van der Waals surface area contributed by atoms with Crippen LogP contribution in [0.25, 0.3) is 0 Å². The van der Waals surface area contributed by atoms with Crippen molar-refractivity contribution < 1.29 is 19.1 Å². The van der Waals surface area contributed by atoms with E-state index in [1.54, 1.807) is 24.3 Å². The summed E-state index contributed by atoms with van der Waals surface area (Å²) in [5.74, 6) is -1.19. The molecule has 0 heterocycles. The van der Waals surface area contributed by atoms with Gasteiger partial charge in [-0.05, 0) is 57.9 Å². The Kier molecular flexibility index (Phi) is 5.93. The Morgan fingerprint density at radius 2 is 1.58 bits per heavy atom. The Balaban J connectivity index is 2.13. The summed E-state index contributed by atoms with van der Waals surface area (Å²) < 4.78 is 5.34. The molecule has 0 saturated carbocycles. The Morgan fingerprint density at radius 3 is 2.15 bits per heavy atom. The molecule has 1 N–H and O–H groups in total. The van der Waals surface area contributed by atoms with Gasteiger partial charge in [-0.1, -0.05) is 29.8 Å². The number of benzene rings is 2. The quantitative estimate of drug-likeness (QED) is 0.651. The lowest BCUT2D eigenvalue weighted by molar-refractivity contribution is -0.123. The fraction of sp³-hybridized carbons (Fsp3) is 0.286. The molecule has 1 amide bonds. The number of nitrogens with one attached hydrogen (secondary N) is 1. The fourth-order valence-electron chi connectivity index (χ4n) is 2.91. The van der Waals surface area contributed by atoms with Gasteiger partial charge in [0.25, 0.3) is 5.91 Å². The van der Waals surface area contributed by atoms with Crippen LogP contribution in [0.5, 0.6) is 0 Å². The molecule has 0 aromatic heterocycles. The Morgan fingerprint density at radius 1 is 1.00 bits per heavy atom. The average molecular weight is 353 g/mol. The minimum atomic E-state index is -0.998. The van der Waals surface area contributed by atoms with Crippen molar-refractivity contribution in [2.45, 2.75) is 40.7 Å². The number of Topliss-reactive ketones (excluding diaryl/α,β-unsaturated/α-hetero) is 1. The van der Waals surface area contributed by atoms with Crippen molar-refractivity contribution in [1.29, 1.82) is 0 Å². The summed E-state index contributed by atoms with van der Waals surface area (Å²) in [6, 6.07) is 10.5. The molecule has 0 radical (unpaired) electrons. The molecule has 0 aliphatic rings. The zero-order valence-electron chi connectivity index (χ0n) is 15.7. The third kappa shape index (κ3) is 4.36. The van der Waals surface area contributed by atoms with E-state index in [0.29, 0.717) is 16.8 Å². The van der Waals surface area contributed by atoms with Gasteiger partial charge in [-0.15, -0.1) is 0 Å². The van der Waals surface area contributed by atoms with Crippen LogP contribution in [0, 0.1) is 20.8 Å². The maximum Gasteiger partial charge on any atom is 0.339 e. The van der Waals surface area contributed by atoms with E-state index < -0.39 is 18.0 Å². The molecule has 26 heavy (non-hydrogen) atoms. The lowest BCUT2D eigenvalue weighted by Gasteiger charge is -2.17. The second-order valence-electron chi connectivity index (χ2n) is 6.41. The topological polar surface area (TPSA) is 72.5 Å². The number of hydrogen-bond acceptors (Lipinski definition) is 4. The number of aryl methyl sites for hydroxylation is 3. The van der Waals surface area contributed by atoms with Crippen LogP contribution in [0.1, 0.15) is 51.3 Å². The number of carbonyl (C=O) groups excluding carboxylic acids is 3. The number of esters is 1. The molecule has 2 aromatic carbocycles. The van der Waals surface area contributed by atoms with Gasteiger partial charge < -0.3 is 10.1 Å². The molecule has 0 spiro atoms. The van der Waals surface area contributed by atoms with Gasteiger partial charge in [0, 0.05) is 5.56 Å². The van der Waals surface area contributed by atoms with Gasteiger partial charge in [-0.3, -0.25) is 9.59 Å². The largest absolute Gasteiger partial charge is 0.449 e. The van der Waals surface area contributed by atoms with Crippen molar-refractivity contribution in [3.63, 3.8) is 0 Å². The predicted octanol–water partition coefficient (Wildman–Crippen LogP) is 4.00. The molecule has 136 valence electrons. The Bertz CT molecular complexity index is 847. The van der Waals surface area contributed by atoms with Gasteiger partial charge in [0.2, 0.25) is 0 Å². The maximum atomic E-state index is 12.5. The first-order valence-electron chi connectivity index (χ1n) is 8.40. The van der Waals surface area contributed by atoms with Crippen molar-refractivity contribution in [3.8, 4) is 0 Å². The summed E-state index contributed by atoms with van der Waals surface area (Å²) in [6.45, 7) is 8.56. The summed E-state index contributed by atoms with van der Waals surface area (Å²) in [6.07, 6.45) is -0.998. The van der Waals surface area contributed by atoms with Crippen LogP contribution in [-0.4, -0.2) is 23.8 Å². The van der Waals surface area contributed by atoms with Crippen molar-refractivity contribution in [3.05, 3.63) is 64.2 Å². The third-order valence-electron chi connectivity index (χ3n) is 4.10. The van der Waals surface area contributed by atoms with Crippen molar-refractivity contribution in [2.75, 3.05) is 5.32 Å². The van der Waals surface area contributed by atoms with E-state index in [4.69, 9.17) is 4.74 Å². The van der Waals surface area contributed by atoms with Gasteiger partial charge in [0.1, 0.15) is 0 Å². The second kappa shape index (κ2) is 7.95. The minimum Gasteiger partial charge on any atom is -0.449 e. The van der Waals surface area contributed by atoms with Gasteiger partial charge >= 0.3 is 5.97 Å². The van der Waals surface area contributed by atoms with E-state index >= 15 is 0 Å². The van der Waals surface area contributed by atoms with E-state index in [1.807, 2.05) is 32.9 Å². The first-order valence-corrected chi connectivity index (χ1v) is 8.40. The van der Waals surface area contributed by atoms with Crippen LogP contribution >= 0.6 is 0 Å². The first-order chi connectivity index (χ1) is 12.2. The monoisotopic (exact) mass is 353 g/mol. The van der Waals surface area contributed by atoms with Crippen LogP contribution in [-0.2, 0) is 9.53 Å². The van der Waals surface area contributed by atoms with Crippen molar-refractivity contribution in [1.82, 2.24) is 0 Å². The molecule has 0 bridgehead atoms. The molecule has 5 heteroatoms. The van der Waals surface area contributed by atoms with Crippen LogP contribution in [0.15, 0.2) is 36.4 Å². The number of ketones is 1. The Labute approximate surface area is 153 Å². The molecule has 5 nitrogen and oxygen atoms in total. The highest BCUT2D eigenvalue weighted by Gasteiger charge is 2.22. The number of amides is 1. The highest BCUT2D eigenvalue weighted by molar-refractivity contribution is 6.05. The fourth-order valence-corrected chi connectivity index (χ4v) is 2.91. The molecular formula is C21H23NO4. The number of carbonyl (C=O) groups is 3. The Hall–Kier alpha value is -2.95. The van der Waals surface area contributed by atoms with E-state index in [-0.39, 0.29) is 5.78 Å². The van der Waals surface area contributed by atoms with E-state index in [1.165, 1.54) is 13.8 Å². The van der Waals surface area contributed by atoms with Gasteiger partial charge in [0.05, 0.1) is 11.3 Å². The molecule has 1 atom stereocenters. The summed E-state index contributed by atoms with van der Waals surface area (Å²) in [7, 11) is 0. The van der Waals surface area contributed by atoms with E-state index in [9.17, 15) is 14.4 Å². The van der Waals surface area contributed by atoms with Crippen LogP contribution < -0.4 is 5.32 Å². The zero-order chi connectivity index (χ0) is 19.4. The van der Waals surface area contributed by atoms with E-state index in [0.717, 1.165) is 16.7 Å². The molecule has 0 aliphatic heterocycles. The SMILES string of the molecule is CC(=O)c1ccccc1NC(=O)C(C)OC(=O)c1c(C)cc(C)cc1C. The number of anilines is 1. The minimum absolute atomic E-state index is 0.156. The van der Waals surface area contributed by atoms with Crippen LogP contribution in [0.3, 0.4) is 0 Å². The maximum absolute atomic E-state index is 12.5. The molecule has 1 unspecified atom stereocenters. The highest BCUT2D eigenvalue weighted by Crippen LogP contribution is 2.19. The molecule has 0 aliphatic carbocycles. The second-order valence-corrected chi connectivity index (χ2v) is 6.41. The summed E-state index contributed by atoms with van der Waals surface area (Å²) in [4.78, 5) is 36.5. The number of rotatable bonds is 5.